The molecule has 0 aromatic heterocycles. The smallest absolute Gasteiger partial charge is 0.304 e. The highest BCUT2D eigenvalue weighted by Crippen LogP contribution is 2.16. The van der Waals surface area contributed by atoms with Crippen LogP contribution >= 0.6 is 0 Å². The fraction of sp³-hybridized carbons (Fsp3) is 0.500. The Morgan fingerprint density at radius 1 is 1.24 bits per heavy atom. The number of aliphatic carboxylic acids is 1. The second-order valence-electron chi connectivity index (χ2n) is 4.75. The lowest BCUT2D eigenvalue weighted by Crippen LogP contribution is -2.37. The maximum atomic E-state index is 10.8. The fourth-order valence-corrected chi connectivity index (χ4v) is 1.83. The van der Waals surface area contributed by atoms with Gasteiger partial charge >= 0.3 is 5.97 Å². The number of rotatable bonds is 6. The van der Waals surface area contributed by atoms with Crippen LogP contribution in [-0.4, -0.2) is 17.1 Å². The van der Waals surface area contributed by atoms with Crippen molar-refractivity contribution in [2.24, 2.45) is 5.92 Å². The van der Waals surface area contributed by atoms with Crippen LogP contribution < -0.4 is 5.32 Å². The summed E-state index contributed by atoms with van der Waals surface area (Å²) in [6.45, 7) is 6.14. The van der Waals surface area contributed by atoms with Crippen molar-refractivity contribution < 1.29 is 9.90 Å². The third kappa shape index (κ3) is 4.57. The quantitative estimate of drug-likeness (QED) is 0.797. The van der Waals surface area contributed by atoms with Gasteiger partial charge in [-0.15, -0.1) is 0 Å². The summed E-state index contributed by atoms with van der Waals surface area (Å²) in [6.07, 6.45) is 0.162. The minimum Gasteiger partial charge on any atom is -0.481 e. The van der Waals surface area contributed by atoms with E-state index in [1.807, 2.05) is 32.0 Å². The van der Waals surface area contributed by atoms with Crippen molar-refractivity contribution in [3.63, 3.8) is 0 Å². The molecule has 0 aliphatic rings. The Hall–Kier alpha value is -1.35. The molecule has 2 N–H and O–H groups in total. The van der Waals surface area contributed by atoms with Crippen LogP contribution in [0, 0.1) is 5.92 Å². The molecular formula is C14H21NO2. The second-order valence-corrected chi connectivity index (χ2v) is 4.75. The van der Waals surface area contributed by atoms with E-state index in [0.717, 1.165) is 0 Å². The average molecular weight is 235 g/mol. The molecule has 0 aliphatic heterocycles. The zero-order valence-corrected chi connectivity index (χ0v) is 10.7. The van der Waals surface area contributed by atoms with Crippen LogP contribution in [0.2, 0.25) is 0 Å². The van der Waals surface area contributed by atoms with Crippen LogP contribution in [0.4, 0.5) is 0 Å². The maximum absolute atomic E-state index is 10.8. The lowest BCUT2D eigenvalue weighted by atomic mass is 9.98. The third-order valence-electron chi connectivity index (χ3n) is 2.96. The Labute approximate surface area is 103 Å². The highest BCUT2D eigenvalue weighted by molar-refractivity contribution is 5.67. The summed E-state index contributed by atoms with van der Waals surface area (Å²) in [5.41, 5.74) is 1.18. The normalized spacial score (nSPS) is 14.6. The molecule has 0 aliphatic carbocycles. The van der Waals surface area contributed by atoms with Gasteiger partial charge in [0.25, 0.3) is 0 Å². The SMILES string of the molecule is CC(C)C(CC(=O)O)N[C@@H](C)c1ccccc1. The first kappa shape index (κ1) is 13.7. The van der Waals surface area contributed by atoms with Crippen LogP contribution in [0.3, 0.4) is 0 Å². The summed E-state index contributed by atoms with van der Waals surface area (Å²) >= 11 is 0. The number of nitrogens with one attached hydrogen (secondary N) is 1. The molecule has 0 radical (unpaired) electrons. The van der Waals surface area contributed by atoms with Gasteiger partial charge in [-0.25, -0.2) is 0 Å². The molecule has 3 nitrogen and oxygen atoms in total. The zero-order chi connectivity index (χ0) is 12.8. The van der Waals surface area contributed by atoms with Gasteiger partial charge in [-0.3, -0.25) is 4.79 Å². The molecule has 3 heteroatoms. The number of hydrogen-bond acceptors (Lipinski definition) is 2. The van der Waals surface area contributed by atoms with E-state index in [4.69, 9.17) is 5.11 Å². The van der Waals surface area contributed by atoms with Gasteiger partial charge in [-0.05, 0) is 18.4 Å². The molecule has 0 amide bonds. The predicted molar refractivity (Wildman–Crippen MR) is 68.9 cm³/mol. The van der Waals surface area contributed by atoms with Gasteiger partial charge in [-0.1, -0.05) is 44.2 Å². The molecule has 0 saturated heterocycles. The van der Waals surface area contributed by atoms with Crippen LogP contribution in [0.1, 0.15) is 38.8 Å². The first-order valence-corrected chi connectivity index (χ1v) is 6.03. The number of hydrogen-bond donors (Lipinski definition) is 2. The van der Waals surface area contributed by atoms with Gasteiger partial charge in [0, 0.05) is 12.1 Å². The molecule has 1 aromatic carbocycles. The lowest BCUT2D eigenvalue weighted by molar-refractivity contribution is -0.137. The van der Waals surface area contributed by atoms with Crippen molar-refractivity contribution in [2.45, 2.75) is 39.3 Å². The van der Waals surface area contributed by atoms with Crippen molar-refractivity contribution >= 4 is 5.97 Å². The first-order chi connectivity index (χ1) is 8.00. The summed E-state index contributed by atoms with van der Waals surface area (Å²) in [5.74, 6) is -0.450. The molecule has 2 atom stereocenters. The Kier molecular flexibility index (Phi) is 5.16. The maximum Gasteiger partial charge on any atom is 0.304 e. The summed E-state index contributed by atoms with van der Waals surface area (Å²) in [5, 5.41) is 12.3. The Bertz CT molecular complexity index is 348. The third-order valence-corrected chi connectivity index (χ3v) is 2.96. The molecule has 0 saturated carbocycles. The summed E-state index contributed by atoms with van der Waals surface area (Å²) in [7, 11) is 0. The van der Waals surface area contributed by atoms with Gasteiger partial charge in [0.2, 0.25) is 0 Å². The molecule has 1 rings (SSSR count). The van der Waals surface area contributed by atoms with Gasteiger partial charge in [-0.2, -0.15) is 0 Å². The molecule has 0 spiro atoms. The molecule has 0 fully saturated rings. The van der Waals surface area contributed by atoms with Crippen LogP contribution in [0.5, 0.6) is 0 Å². The van der Waals surface area contributed by atoms with E-state index in [1.165, 1.54) is 5.56 Å². The molecule has 94 valence electrons. The zero-order valence-electron chi connectivity index (χ0n) is 10.7. The number of carboxylic acid groups (broad SMARTS) is 1. The Morgan fingerprint density at radius 2 is 1.82 bits per heavy atom. The van der Waals surface area contributed by atoms with Crippen molar-refractivity contribution in [1.82, 2.24) is 5.32 Å². The minimum absolute atomic E-state index is 0.00251. The first-order valence-electron chi connectivity index (χ1n) is 6.03. The number of benzene rings is 1. The Balaban J connectivity index is 2.64. The lowest BCUT2D eigenvalue weighted by Gasteiger charge is -2.25. The van der Waals surface area contributed by atoms with Crippen LogP contribution in [0.25, 0.3) is 0 Å². The van der Waals surface area contributed by atoms with Crippen molar-refractivity contribution in [3.8, 4) is 0 Å². The standard InChI is InChI=1S/C14H21NO2/c1-10(2)13(9-14(16)17)15-11(3)12-7-5-4-6-8-12/h4-8,10-11,13,15H,9H2,1-3H3,(H,16,17)/t11-,13?/m0/s1. The van der Waals surface area contributed by atoms with E-state index in [-0.39, 0.29) is 18.5 Å². The van der Waals surface area contributed by atoms with E-state index in [1.54, 1.807) is 0 Å². The molecule has 1 unspecified atom stereocenters. The van der Waals surface area contributed by atoms with E-state index in [9.17, 15) is 4.79 Å². The van der Waals surface area contributed by atoms with E-state index >= 15 is 0 Å². The number of carbonyl (C=O) groups is 1. The summed E-state index contributed by atoms with van der Waals surface area (Å²) in [4.78, 5) is 10.8. The fourth-order valence-electron chi connectivity index (χ4n) is 1.83. The summed E-state index contributed by atoms with van der Waals surface area (Å²) in [6, 6.07) is 10.2. The molecule has 0 bridgehead atoms. The average Bonchev–Trinajstić information content (AvgIpc) is 2.28. The molecular weight excluding hydrogens is 214 g/mol. The highest BCUT2D eigenvalue weighted by Gasteiger charge is 2.19. The highest BCUT2D eigenvalue weighted by atomic mass is 16.4. The predicted octanol–water partition coefficient (Wildman–Crippen LogP) is 2.84. The van der Waals surface area contributed by atoms with Crippen LogP contribution in [0.15, 0.2) is 30.3 Å². The summed E-state index contributed by atoms with van der Waals surface area (Å²) < 4.78 is 0. The largest absolute Gasteiger partial charge is 0.481 e. The molecule has 17 heavy (non-hydrogen) atoms. The van der Waals surface area contributed by atoms with Crippen LogP contribution in [-0.2, 0) is 4.79 Å². The van der Waals surface area contributed by atoms with E-state index in [2.05, 4.69) is 24.4 Å². The molecule has 0 heterocycles. The van der Waals surface area contributed by atoms with Crippen molar-refractivity contribution in [2.75, 3.05) is 0 Å². The minimum atomic E-state index is -0.753. The molecule has 1 aromatic rings. The topological polar surface area (TPSA) is 49.3 Å². The van der Waals surface area contributed by atoms with E-state index in [0.29, 0.717) is 5.92 Å². The van der Waals surface area contributed by atoms with Gasteiger partial charge in [0.15, 0.2) is 0 Å². The van der Waals surface area contributed by atoms with Crippen molar-refractivity contribution in [3.05, 3.63) is 35.9 Å². The van der Waals surface area contributed by atoms with Crippen molar-refractivity contribution in [1.29, 1.82) is 0 Å². The van der Waals surface area contributed by atoms with Gasteiger partial charge < -0.3 is 10.4 Å². The van der Waals surface area contributed by atoms with Gasteiger partial charge in [0.1, 0.15) is 0 Å². The van der Waals surface area contributed by atoms with E-state index < -0.39 is 5.97 Å². The second kappa shape index (κ2) is 6.40. The number of carboxylic acids is 1. The Morgan fingerprint density at radius 3 is 2.29 bits per heavy atom. The monoisotopic (exact) mass is 235 g/mol. The van der Waals surface area contributed by atoms with Gasteiger partial charge in [0.05, 0.1) is 6.42 Å².